The van der Waals surface area contributed by atoms with Crippen LogP contribution in [-0.4, -0.2) is 37.0 Å². The van der Waals surface area contributed by atoms with Crippen molar-refractivity contribution in [1.82, 2.24) is 10.2 Å². The monoisotopic (exact) mass is 260 g/mol. The molecule has 1 saturated carbocycles. The Morgan fingerprint density at radius 3 is 2.37 bits per heavy atom. The molecule has 0 unspecified atom stereocenters. The van der Waals surface area contributed by atoms with Crippen LogP contribution >= 0.6 is 0 Å². The first kappa shape index (κ1) is 14.1. The van der Waals surface area contributed by atoms with Crippen molar-refractivity contribution in [3.05, 3.63) is 35.9 Å². The van der Waals surface area contributed by atoms with Gasteiger partial charge in [-0.25, -0.2) is 0 Å². The number of carbonyl (C=O) groups is 1. The van der Waals surface area contributed by atoms with E-state index < -0.39 is 0 Å². The van der Waals surface area contributed by atoms with Crippen LogP contribution in [0, 0.1) is 0 Å². The maximum absolute atomic E-state index is 12.1. The van der Waals surface area contributed by atoms with Crippen LogP contribution in [0.15, 0.2) is 30.3 Å². The van der Waals surface area contributed by atoms with Gasteiger partial charge in [-0.05, 0) is 39.1 Å². The molecule has 1 aromatic carbocycles. The van der Waals surface area contributed by atoms with Gasteiger partial charge in [-0.15, -0.1) is 0 Å². The molecular weight excluding hydrogens is 236 g/mol. The zero-order chi connectivity index (χ0) is 13.7. The lowest BCUT2D eigenvalue weighted by molar-refractivity contribution is 0.0799. The van der Waals surface area contributed by atoms with E-state index in [2.05, 4.69) is 24.3 Å². The Morgan fingerprint density at radius 2 is 1.79 bits per heavy atom. The predicted octanol–water partition coefficient (Wildman–Crippen LogP) is 2.68. The van der Waals surface area contributed by atoms with E-state index in [9.17, 15) is 4.79 Å². The molecule has 0 aromatic heterocycles. The molecule has 1 fully saturated rings. The maximum atomic E-state index is 12.1. The molecule has 1 aliphatic carbocycles. The maximum Gasteiger partial charge on any atom is 0.251 e. The third-order valence-electron chi connectivity index (χ3n) is 4.35. The molecule has 0 bridgehead atoms. The first-order chi connectivity index (χ1) is 9.14. The van der Waals surface area contributed by atoms with Crippen molar-refractivity contribution in [1.29, 1.82) is 0 Å². The summed E-state index contributed by atoms with van der Waals surface area (Å²) in [5, 5.41) is 3.11. The number of nitrogens with zero attached hydrogens (tertiary/aromatic N) is 1. The molecule has 1 amide bonds. The van der Waals surface area contributed by atoms with Crippen molar-refractivity contribution in [2.45, 2.75) is 37.6 Å². The summed E-state index contributed by atoms with van der Waals surface area (Å²) < 4.78 is 0. The average Bonchev–Trinajstić information content (AvgIpc) is 2.46. The molecule has 0 heterocycles. The summed E-state index contributed by atoms with van der Waals surface area (Å²) in [6, 6.07) is 9.45. The first-order valence-electron chi connectivity index (χ1n) is 7.15. The number of carbonyl (C=O) groups excluding carboxylic acids is 1. The van der Waals surface area contributed by atoms with Crippen LogP contribution in [0.1, 0.15) is 42.5 Å². The Hall–Kier alpha value is -1.35. The van der Waals surface area contributed by atoms with Crippen LogP contribution in [0.2, 0.25) is 0 Å². The van der Waals surface area contributed by atoms with Crippen LogP contribution in [0.3, 0.4) is 0 Å². The second-order valence-corrected chi connectivity index (χ2v) is 5.73. The van der Waals surface area contributed by atoms with E-state index in [-0.39, 0.29) is 11.4 Å². The van der Waals surface area contributed by atoms with Crippen molar-refractivity contribution in [3.8, 4) is 0 Å². The Bertz CT molecular complexity index is 408. The molecule has 2 rings (SSSR count). The van der Waals surface area contributed by atoms with Crippen molar-refractivity contribution < 1.29 is 4.79 Å². The van der Waals surface area contributed by atoms with Crippen molar-refractivity contribution in [2.75, 3.05) is 20.6 Å². The highest BCUT2D eigenvalue weighted by atomic mass is 16.1. The number of benzene rings is 1. The summed E-state index contributed by atoms with van der Waals surface area (Å²) in [6.07, 6.45) is 6.20. The number of nitrogens with one attached hydrogen (secondary N) is 1. The van der Waals surface area contributed by atoms with Crippen molar-refractivity contribution in [3.63, 3.8) is 0 Å². The normalized spacial score (nSPS) is 18.3. The summed E-state index contributed by atoms with van der Waals surface area (Å²) in [6.45, 7) is 0.744. The summed E-state index contributed by atoms with van der Waals surface area (Å²) in [5.74, 6) is 0.0346. The minimum Gasteiger partial charge on any atom is -0.350 e. The number of hydrogen-bond donors (Lipinski definition) is 1. The van der Waals surface area contributed by atoms with E-state index in [0.717, 1.165) is 12.1 Å². The topological polar surface area (TPSA) is 32.3 Å². The van der Waals surface area contributed by atoms with Gasteiger partial charge in [0.25, 0.3) is 5.91 Å². The lowest BCUT2D eigenvalue weighted by Gasteiger charge is -2.43. The fourth-order valence-corrected chi connectivity index (χ4v) is 2.93. The molecule has 1 aliphatic rings. The van der Waals surface area contributed by atoms with E-state index in [1.54, 1.807) is 0 Å². The number of likely N-dealkylation sites (N-methyl/N-ethyl adjacent to an activating group) is 1. The summed E-state index contributed by atoms with van der Waals surface area (Å²) in [4.78, 5) is 14.4. The van der Waals surface area contributed by atoms with Gasteiger partial charge in [0.1, 0.15) is 0 Å². The van der Waals surface area contributed by atoms with Gasteiger partial charge in [0.05, 0.1) is 0 Å². The predicted molar refractivity (Wildman–Crippen MR) is 78.3 cm³/mol. The summed E-state index contributed by atoms with van der Waals surface area (Å²) in [5.41, 5.74) is 0.884. The fraction of sp³-hybridized carbons (Fsp3) is 0.562. The van der Waals surface area contributed by atoms with E-state index >= 15 is 0 Å². The first-order valence-corrected chi connectivity index (χ1v) is 7.15. The van der Waals surface area contributed by atoms with Crippen molar-refractivity contribution in [2.24, 2.45) is 0 Å². The highest BCUT2D eigenvalue weighted by Gasteiger charge is 2.34. The van der Waals surface area contributed by atoms with Crippen LogP contribution in [-0.2, 0) is 0 Å². The van der Waals surface area contributed by atoms with Gasteiger partial charge in [0.2, 0.25) is 0 Å². The smallest absolute Gasteiger partial charge is 0.251 e. The van der Waals surface area contributed by atoms with E-state index in [1.807, 2.05) is 30.3 Å². The second-order valence-electron chi connectivity index (χ2n) is 5.73. The van der Waals surface area contributed by atoms with Crippen LogP contribution in [0.5, 0.6) is 0 Å². The number of amides is 1. The molecule has 104 valence electrons. The molecule has 0 spiro atoms. The van der Waals surface area contributed by atoms with Crippen LogP contribution in [0.25, 0.3) is 0 Å². The molecule has 1 N–H and O–H groups in total. The van der Waals surface area contributed by atoms with Gasteiger partial charge >= 0.3 is 0 Å². The zero-order valence-corrected chi connectivity index (χ0v) is 12.0. The molecule has 3 heteroatoms. The van der Waals surface area contributed by atoms with Crippen molar-refractivity contribution >= 4 is 5.91 Å². The molecule has 19 heavy (non-hydrogen) atoms. The van der Waals surface area contributed by atoms with Gasteiger partial charge in [-0.3, -0.25) is 4.79 Å². The van der Waals surface area contributed by atoms with Gasteiger partial charge in [0.15, 0.2) is 0 Å². The SMILES string of the molecule is CN(C)C1(CNC(=O)c2ccccc2)CCCCC1. The molecule has 0 radical (unpaired) electrons. The minimum absolute atomic E-state index is 0.0346. The van der Waals surface area contributed by atoms with E-state index in [1.165, 1.54) is 32.1 Å². The second kappa shape index (κ2) is 6.20. The van der Waals surface area contributed by atoms with Crippen LogP contribution < -0.4 is 5.32 Å². The van der Waals surface area contributed by atoms with Gasteiger partial charge < -0.3 is 10.2 Å². The van der Waals surface area contributed by atoms with Gasteiger partial charge in [-0.1, -0.05) is 37.5 Å². The number of rotatable bonds is 4. The van der Waals surface area contributed by atoms with Gasteiger partial charge in [0, 0.05) is 17.6 Å². The average molecular weight is 260 g/mol. The lowest BCUT2D eigenvalue weighted by atomic mass is 9.80. The fourth-order valence-electron chi connectivity index (χ4n) is 2.93. The minimum atomic E-state index is 0.0346. The third-order valence-corrected chi connectivity index (χ3v) is 4.35. The molecule has 3 nitrogen and oxygen atoms in total. The molecule has 0 atom stereocenters. The lowest BCUT2D eigenvalue weighted by Crippen LogP contribution is -2.53. The highest BCUT2D eigenvalue weighted by molar-refractivity contribution is 5.94. The molecule has 0 saturated heterocycles. The van der Waals surface area contributed by atoms with Gasteiger partial charge in [-0.2, -0.15) is 0 Å². The summed E-state index contributed by atoms with van der Waals surface area (Å²) >= 11 is 0. The molecule has 1 aromatic rings. The molecular formula is C16H24N2O. The quantitative estimate of drug-likeness (QED) is 0.902. The van der Waals surface area contributed by atoms with Crippen LogP contribution in [0.4, 0.5) is 0 Å². The van der Waals surface area contributed by atoms with E-state index in [0.29, 0.717) is 0 Å². The Balaban J connectivity index is 1.98. The molecule has 0 aliphatic heterocycles. The Morgan fingerprint density at radius 1 is 1.16 bits per heavy atom. The highest BCUT2D eigenvalue weighted by Crippen LogP contribution is 2.31. The largest absolute Gasteiger partial charge is 0.350 e. The third kappa shape index (κ3) is 3.35. The Labute approximate surface area is 116 Å². The summed E-state index contributed by atoms with van der Waals surface area (Å²) in [7, 11) is 4.25. The zero-order valence-electron chi connectivity index (χ0n) is 12.0. The number of hydrogen-bond acceptors (Lipinski definition) is 2. The van der Waals surface area contributed by atoms with E-state index in [4.69, 9.17) is 0 Å². The Kier molecular flexibility index (Phi) is 4.59. The standard InChI is InChI=1S/C16H24N2O/c1-18(2)16(11-7-4-8-12-16)13-17-15(19)14-9-5-3-6-10-14/h3,5-6,9-10H,4,7-8,11-13H2,1-2H3,(H,17,19).